The molecule has 0 saturated heterocycles. The Kier molecular flexibility index (Phi) is 3.98. The molecule has 0 amide bonds. The van der Waals surface area contributed by atoms with Crippen molar-refractivity contribution in [2.24, 2.45) is 5.73 Å². The highest BCUT2D eigenvalue weighted by Gasteiger charge is 2.19. The molecule has 2 unspecified atom stereocenters. The number of rotatable bonds is 4. The topological polar surface area (TPSA) is 35.2 Å². The Morgan fingerprint density at radius 1 is 1.05 bits per heavy atom. The van der Waals surface area contributed by atoms with Crippen LogP contribution in [-0.2, 0) is 12.8 Å². The average molecular weight is 281 g/mol. The summed E-state index contributed by atoms with van der Waals surface area (Å²) in [5, 5.41) is 0. The van der Waals surface area contributed by atoms with Crippen molar-refractivity contribution in [2.45, 2.75) is 45.3 Å². The van der Waals surface area contributed by atoms with Crippen LogP contribution in [0, 0.1) is 6.92 Å². The van der Waals surface area contributed by atoms with E-state index in [4.69, 9.17) is 10.5 Å². The second-order valence-corrected chi connectivity index (χ2v) is 6.10. The fourth-order valence-corrected chi connectivity index (χ4v) is 3.09. The van der Waals surface area contributed by atoms with Gasteiger partial charge in [-0.15, -0.1) is 0 Å². The van der Waals surface area contributed by atoms with E-state index in [9.17, 15) is 0 Å². The van der Waals surface area contributed by atoms with E-state index < -0.39 is 0 Å². The molecule has 2 aromatic carbocycles. The summed E-state index contributed by atoms with van der Waals surface area (Å²) in [5.74, 6) is 0.930. The maximum absolute atomic E-state index is 6.22. The van der Waals surface area contributed by atoms with Gasteiger partial charge in [-0.25, -0.2) is 0 Å². The lowest BCUT2D eigenvalue weighted by molar-refractivity contribution is 0.180. The van der Waals surface area contributed by atoms with Gasteiger partial charge in [-0.2, -0.15) is 0 Å². The Bertz CT molecular complexity index is 633. The lowest BCUT2D eigenvalue weighted by Crippen LogP contribution is -2.29. The number of hydrogen-bond acceptors (Lipinski definition) is 2. The van der Waals surface area contributed by atoms with E-state index in [-0.39, 0.29) is 12.1 Å². The molecule has 0 aliphatic heterocycles. The van der Waals surface area contributed by atoms with Crippen LogP contribution < -0.4 is 10.5 Å². The first-order chi connectivity index (χ1) is 10.1. The third-order valence-electron chi connectivity index (χ3n) is 4.18. The lowest BCUT2D eigenvalue weighted by atomic mass is 10.0. The second-order valence-electron chi connectivity index (χ2n) is 6.10. The van der Waals surface area contributed by atoms with Crippen molar-refractivity contribution in [2.75, 3.05) is 0 Å². The molecule has 0 spiro atoms. The largest absolute Gasteiger partial charge is 0.484 e. The van der Waals surface area contributed by atoms with Gasteiger partial charge in [0, 0.05) is 6.04 Å². The molecule has 0 heterocycles. The second kappa shape index (κ2) is 5.90. The molecule has 1 aliphatic carbocycles. The van der Waals surface area contributed by atoms with Crippen molar-refractivity contribution in [3.05, 3.63) is 64.7 Å². The van der Waals surface area contributed by atoms with Crippen LogP contribution in [-0.4, -0.2) is 6.04 Å². The zero-order valence-electron chi connectivity index (χ0n) is 12.8. The quantitative estimate of drug-likeness (QED) is 0.921. The molecule has 0 radical (unpaired) electrons. The molecule has 0 aromatic heterocycles. The summed E-state index contributed by atoms with van der Waals surface area (Å²) in [7, 11) is 0. The van der Waals surface area contributed by atoms with Gasteiger partial charge in [0.2, 0.25) is 0 Å². The highest BCUT2D eigenvalue weighted by molar-refractivity contribution is 5.39. The van der Waals surface area contributed by atoms with Crippen LogP contribution in [0.4, 0.5) is 0 Å². The van der Waals surface area contributed by atoms with E-state index in [1.54, 1.807) is 0 Å². The third kappa shape index (κ3) is 3.11. The predicted octanol–water partition coefficient (Wildman–Crippen LogP) is 3.95. The van der Waals surface area contributed by atoms with Gasteiger partial charge >= 0.3 is 0 Å². The molecule has 21 heavy (non-hydrogen) atoms. The van der Waals surface area contributed by atoms with Crippen molar-refractivity contribution in [3.8, 4) is 5.75 Å². The number of hydrogen-bond donors (Lipinski definition) is 1. The SMILES string of the molecule is Cc1cccc(C(Oc2ccc3c(c2)CCC3)C(C)N)c1. The van der Waals surface area contributed by atoms with Crippen LogP contribution in [0.25, 0.3) is 0 Å². The Balaban J connectivity index is 1.86. The van der Waals surface area contributed by atoms with Crippen LogP contribution >= 0.6 is 0 Å². The van der Waals surface area contributed by atoms with Gasteiger partial charge in [0.25, 0.3) is 0 Å². The Hall–Kier alpha value is -1.80. The molecule has 1 aliphatic rings. The zero-order valence-corrected chi connectivity index (χ0v) is 12.8. The van der Waals surface area contributed by atoms with Crippen LogP contribution in [0.15, 0.2) is 42.5 Å². The molecule has 0 bridgehead atoms. The lowest BCUT2D eigenvalue weighted by Gasteiger charge is -2.23. The smallest absolute Gasteiger partial charge is 0.138 e. The Morgan fingerprint density at radius 3 is 2.62 bits per heavy atom. The Labute approximate surface area is 126 Å². The summed E-state index contributed by atoms with van der Waals surface area (Å²) in [4.78, 5) is 0. The maximum atomic E-state index is 6.22. The van der Waals surface area contributed by atoms with E-state index in [1.165, 1.54) is 36.0 Å². The van der Waals surface area contributed by atoms with E-state index in [2.05, 4.69) is 49.4 Å². The van der Waals surface area contributed by atoms with Crippen molar-refractivity contribution >= 4 is 0 Å². The van der Waals surface area contributed by atoms with Crippen molar-refractivity contribution < 1.29 is 4.74 Å². The number of benzene rings is 2. The molecule has 0 fully saturated rings. The minimum Gasteiger partial charge on any atom is -0.484 e. The number of ether oxygens (including phenoxy) is 1. The van der Waals surface area contributed by atoms with E-state index in [1.807, 2.05) is 6.92 Å². The third-order valence-corrected chi connectivity index (χ3v) is 4.18. The zero-order chi connectivity index (χ0) is 14.8. The molecular weight excluding hydrogens is 258 g/mol. The Morgan fingerprint density at radius 2 is 1.86 bits per heavy atom. The van der Waals surface area contributed by atoms with Gasteiger partial charge in [-0.3, -0.25) is 0 Å². The first kappa shape index (κ1) is 14.2. The molecule has 2 atom stereocenters. The minimum atomic E-state index is -0.107. The standard InChI is InChI=1S/C19H23NO/c1-13-5-3-8-17(11-13)19(14(2)20)21-18-10-9-15-6-4-7-16(15)12-18/h3,5,8-12,14,19H,4,6-7,20H2,1-2H3. The molecule has 3 rings (SSSR count). The number of nitrogens with two attached hydrogens (primary N) is 1. The number of fused-ring (bicyclic) bond motifs is 1. The summed E-state index contributed by atoms with van der Waals surface area (Å²) < 4.78 is 6.22. The fourth-order valence-electron chi connectivity index (χ4n) is 3.09. The van der Waals surface area contributed by atoms with Crippen LogP contribution in [0.1, 0.15) is 41.7 Å². The summed E-state index contributed by atoms with van der Waals surface area (Å²) in [6.07, 6.45) is 3.52. The van der Waals surface area contributed by atoms with Gasteiger partial charge < -0.3 is 10.5 Å². The summed E-state index contributed by atoms with van der Waals surface area (Å²) >= 11 is 0. The fraction of sp³-hybridized carbons (Fsp3) is 0.368. The van der Waals surface area contributed by atoms with Gasteiger partial charge in [-0.05, 0) is 61.9 Å². The average Bonchev–Trinajstić information content (AvgIpc) is 2.92. The predicted molar refractivity (Wildman–Crippen MR) is 86.7 cm³/mol. The summed E-state index contributed by atoms with van der Waals surface area (Å²) in [5.41, 5.74) is 11.4. The van der Waals surface area contributed by atoms with Crippen LogP contribution in [0.3, 0.4) is 0 Å². The number of aryl methyl sites for hydroxylation is 3. The molecule has 2 aromatic rings. The minimum absolute atomic E-state index is 0.0555. The molecule has 0 saturated carbocycles. The molecule has 2 nitrogen and oxygen atoms in total. The van der Waals surface area contributed by atoms with Gasteiger partial charge in [0.1, 0.15) is 11.9 Å². The molecule has 2 N–H and O–H groups in total. The van der Waals surface area contributed by atoms with Crippen LogP contribution in [0.5, 0.6) is 5.75 Å². The molecular formula is C19H23NO. The van der Waals surface area contributed by atoms with E-state index in [0.717, 1.165) is 11.3 Å². The van der Waals surface area contributed by atoms with E-state index in [0.29, 0.717) is 0 Å². The molecule has 2 heteroatoms. The monoisotopic (exact) mass is 281 g/mol. The molecule has 110 valence electrons. The van der Waals surface area contributed by atoms with Crippen molar-refractivity contribution in [1.82, 2.24) is 0 Å². The normalized spacial score (nSPS) is 16.3. The highest BCUT2D eigenvalue weighted by atomic mass is 16.5. The van der Waals surface area contributed by atoms with Crippen molar-refractivity contribution in [1.29, 1.82) is 0 Å². The maximum Gasteiger partial charge on any atom is 0.138 e. The van der Waals surface area contributed by atoms with Crippen molar-refractivity contribution in [3.63, 3.8) is 0 Å². The first-order valence-corrected chi connectivity index (χ1v) is 7.74. The summed E-state index contributed by atoms with van der Waals surface area (Å²) in [6.45, 7) is 4.09. The highest BCUT2D eigenvalue weighted by Crippen LogP contribution is 2.30. The first-order valence-electron chi connectivity index (χ1n) is 7.74. The summed E-state index contributed by atoms with van der Waals surface area (Å²) in [6, 6.07) is 14.8. The van der Waals surface area contributed by atoms with Gasteiger partial charge in [-0.1, -0.05) is 35.9 Å². The van der Waals surface area contributed by atoms with Gasteiger partial charge in [0.05, 0.1) is 0 Å². The van der Waals surface area contributed by atoms with Gasteiger partial charge in [0.15, 0.2) is 0 Å². The van der Waals surface area contributed by atoms with Crippen LogP contribution in [0.2, 0.25) is 0 Å². The van der Waals surface area contributed by atoms with E-state index >= 15 is 0 Å².